The van der Waals surface area contributed by atoms with E-state index in [1.54, 1.807) is 10.0 Å². The van der Waals surface area contributed by atoms with Crippen molar-refractivity contribution in [3.63, 3.8) is 0 Å². The fourth-order valence-corrected chi connectivity index (χ4v) is 3.17. The number of hydrogen-bond donors (Lipinski definition) is 2. The van der Waals surface area contributed by atoms with Gasteiger partial charge in [-0.1, -0.05) is 36.4 Å². The summed E-state index contributed by atoms with van der Waals surface area (Å²) in [6.45, 7) is 0. The molecule has 2 aromatic carbocycles. The van der Waals surface area contributed by atoms with Gasteiger partial charge in [0.15, 0.2) is 6.17 Å². The summed E-state index contributed by atoms with van der Waals surface area (Å²) in [6, 6.07) is 19.6. The second-order valence-corrected chi connectivity index (χ2v) is 5.38. The number of hydrogen-bond acceptors (Lipinski definition) is 2. The van der Waals surface area contributed by atoms with Crippen LogP contribution in [-0.4, -0.2) is 20.2 Å². The van der Waals surface area contributed by atoms with Crippen LogP contribution in [0.15, 0.2) is 73.1 Å². The number of hydroxylamine groups is 1. The molecule has 0 saturated carbocycles. The van der Waals surface area contributed by atoms with Gasteiger partial charge in [-0.05, 0) is 24.3 Å². The summed E-state index contributed by atoms with van der Waals surface area (Å²) in [5, 5.41) is 11.4. The average Bonchev–Trinajstić information content (AvgIpc) is 3.23. The third-order valence-electron chi connectivity index (χ3n) is 4.12. The van der Waals surface area contributed by atoms with E-state index >= 15 is 0 Å². The second-order valence-electron chi connectivity index (χ2n) is 5.38. The first-order valence-electron chi connectivity index (χ1n) is 7.35. The summed E-state index contributed by atoms with van der Waals surface area (Å²) in [5.41, 5.74) is 3.67. The summed E-state index contributed by atoms with van der Waals surface area (Å²) < 4.78 is 3.71. The fourth-order valence-electron chi connectivity index (χ4n) is 3.17. The van der Waals surface area contributed by atoms with Gasteiger partial charge in [0.25, 0.3) is 5.91 Å². The van der Waals surface area contributed by atoms with Crippen LogP contribution in [0.3, 0.4) is 0 Å². The Morgan fingerprint density at radius 1 is 0.870 bits per heavy atom. The SMILES string of the molecule is O=C(NO)C(n1cccc1)n1c2ccccc2c2ccccc21. The molecule has 0 spiro atoms. The number of nitrogens with one attached hydrogen (secondary N) is 1. The predicted octanol–water partition coefficient (Wildman–Crippen LogP) is 3.15. The molecule has 2 N–H and O–H groups in total. The summed E-state index contributed by atoms with van der Waals surface area (Å²) in [6.07, 6.45) is 2.91. The number of carbonyl (C=O) groups is 1. The van der Waals surface area contributed by atoms with Crippen molar-refractivity contribution < 1.29 is 10.0 Å². The zero-order valence-electron chi connectivity index (χ0n) is 12.3. The highest BCUT2D eigenvalue weighted by molar-refractivity contribution is 6.08. The van der Waals surface area contributed by atoms with Crippen molar-refractivity contribution in [3.05, 3.63) is 73.1 Å². The van der Waals surface area contributed by atoms with E-state index < -0.39 is 12.1 Å². The normalized spacial score (nSPS) is 12.6. The lowest BCUT2D eigenvalue weighted by Crippen LogP contribution is -2.34. The molecule has 1 unspecified atom stereocenters. The van der Waals surface area contributed by atoms with Crippen molar-refractivity contribution in [2.45, 2.75) is 6.17 Å². The first-order chi connectivity index (χ1) is 11.3. The van der Waals surface area contributed by atoms with Crippen LogP contribution in [0.4, 0.5) is 0 Å². The van der Waals surface area contributed by atoms with Crippen molar-refractivity contribution in [2.24, 2.45) is 0 Å². The quantitative estimate of drug-likeness (QED) is 0.451. The highest BCUT2D eigenvalue weighted by atomic mass is 16.5. The number of nitrogens with zero attached hydrogens (tertiary/aromatic N) is 2. The van der Waals surface area contributed by atoms with Gasteiger partial charge in [0, 0.05) is 23.2 Å². The average molecular weight is 305 g/mol. The largest absolute Gasteiger partial charge is 0.325 e. The Bertz CT molecular complexity index is 933. The predicted molar refractivity (Wildman–Crippen MR) is 88.2 cm³/mol. The first-order valence-corrected chi connectivity index (χ1v) is 7.35. The zero-order valence-corrected chi connectivity index (χ0v) is 12.3. The van der Waals surface area contributed by atoms with Gasteiger partial charge in [-0.25, -0.2) is 5.48 Å². The lowest BCUT2D eigenvalue weighted by atomic mass is 10.2. The van der Waals surface area contributed by atoms with Crippen LogP contribution in [0.25, 0.3) is 21.8 Å². The Kier molecular flexibility index (Phi) is 3.13. The van der Waals surface area contributed by atoms with E-state index in [2.05, 4.69) is 0 Å². The molecule has 0 bridgehead atoms. The van der Waals surface area contributed by atoms with E-state index in [1.165, 1.54) is 0 Å². The Balaban J connectivity index is 2.11. The number of fused-ring (bicyclic) bond motifs is 3. The number of carbonyl (C=O) groups excluding carboxylic acids is 1. The maximum absolute atomic E-state index is 12.4. The zero-order chi connectivity index (χ0) is 15.8. The third-order valence-corrected chi connectivity index (χ3v) is 4.12. The molecule has 0 fully saturated rings. The molecule has 0 aliphatic heterocycles. The third kappa shape index (κ3) is 2.02. The molecule has 4 aromatic rings. The van der Waals surface area contributed by atoms with Gasteiger partial charge in [-0.15, -0.1) is 0 Å². The maximum atomic E-state index is 12.4. The van der Waals surface area contributed by atoms with Crippen LogP contribution >= 0.6 is 0 Å². The van der Waals surface area contributed by atoms with Crippen molar-refractivity contribution in [1.29, 1.82) is 0 Å². The molecule has 5 nitrogen and oxygen atoms in total. The second kappa shape index (κ2) is 5.30. The van der Waals surface area contributed by atoms with E-state index in [9.17, 15) is 10.0 Å². The number of para-hydroxylation sites is 2. The van der Waals surface area contributed by atoms with E-state index in [4.69, 9.17) is 0 Å². The maximum Gasteiger partial charge on any atom is 0.287 e. The Morgan fingerprint density at radius 3 is 1.91 bits per heavy atom. The molecule has 5 heteroatoms. The molecule has 2 heterocycles. The van der Waals surface area contributed by atoms with Crippen molar-refractivity contribution in [3.8, 4) is 0 Å². The molecule has 2 aromatic heterocycles. The highest BCUT2D eigenvalue weighted by Gasteiger charge is 2.25. The van der Waals surface area contributed by atoms with Crippen molar-refractivity contribution >= 4 is 27.7 Å². The number of benzene rings is 2. The summed E-state index contributed by atoms with van der Waals surface area (Å²) in [4.78, 5) is 12.4. The Labute approximate surface area is 132 Å². The van der Waals surface area contributed by atoms with Crippen LogP contribution in [0, 0.1) is 0 Å². The minimum atomic E-state index is -0.709. The van der Waals surface area contributed by atoms with Gasteiger partial charge >= 0.3 is 0 Å². The van der Waals surface area contributed by atoms with E-state index in [-0.39, 0.29) is 0 Å². The molecule has 0 aliphatic carbocycles. The lowest BCUT2D eigenvalue weighted by Gasteiger charge is -2.21. The summed E-state index contributed by atoms with van der Waals surface area (Å²) >= 11 is 0. The van der Waals surface area contributed by atoms with Gasteiger partial charge < -0.3 is 9.13 Å². The van der Waals surface area contributed by atoms with Crippen LogP contribution in [0.2, 0.25) is 0 Å². The highest BCUT2D eigenvalue weighted by Crippen LogP contribution is 2.32. The molecule has 1 atom stereocenters. The van der Waals surface area contributed by atoms with Crippen LogP contribution < -0.4 is 5.48 Å². The fraction of sp³-hybridized carbons (Fsp3) is 0.0556. The van der Waals surface area contributed by atoms with E-state index in [0.29, 0.717) is 0 Å². The lowest BCUT2D eigenvalue weighted by molar-refractivity contribution is -0.133. The number of aromatic nitrogens is 2. The molecule has 23 heavy (non-hydrogen) atoms. The standard InChI is InChI=1S/C18H15N3O2/c22-17(19-23)18(20-11-5-6-12-20)21-15-9-3-1-7-13(15)14-8-2-4-10-16(14)21/h1-12,18,23H,(H,19,22). The topological polar surface area (TPSA) is 59.2 Å². The van der Waals surface area contributed by atoms with Crippen molar-refractivity contribution in [1.82, 2.24) is 14.6 Å². The monoisotopic (exact) mass is 305 g/mol. The molecule has 4 rings (SSSR count). The summed E-state index contributed by atoms with van der Waals surface area (Å²) in [5.74, 6) is -0.493. The molecule has 0 aliphatic rings. The van der Waals surface area contributed by atoms with Crippen molar-refractivity contribution in [2.75, 3.05) is 0 Å². The molecule has 0 radical (unpaired) electrons. The van der Waals surface area contributed by atoms with Crippen LogP contribution in [0.1, 0.15) is 6.17 Å². The van der Waals surface area contributed by atoms with Gasteiger partial charge in [-0.3, -0.25) is 10.0 Å². The molecular weight excluding hydrogens is 290 g/mol. The van der Waals surface area contributed by atoms with Gasteiger partial charge in [0.2, 0.25) is 0 Å². The van der Waals surface area contributed by atoms with Gasteiger partial charge in [-0.2, -0.15) is 0 Å². The van der Waals surface area contributed by atoms with Gasteiger partial charge in [0.1, 0.15) is 0 Å². The van der Waals surface area contributed by atoms with E-state index in [0.717, 1.165) is 21.8 Å². The molecule has 1 amide bonds. The minimum absolute atomic E-state index is 0.493. The number of rotatable bonds is 3. The Morgan fingerprint density at radius 2 is 1.39 bits per heavy atom. The molecule has 114 valence electrons. The van der Waals surface area contributed by atoms with Crippen LogP contribution in [-0.2, 0) is 4.79 Å². The molecular formula is C18H15N3O2. The number of amides is 1. The minimum Gasteiger partial charge on any atom is -0.325 e. The van der Waals surface area contributed by atoms with Gasteiger partial charge in [0.05, 0.1) is 11.0 Å². The summed E-state index contributed by atoms with van der Waals surface area (Å²) in [7, 11) is 0. The van der Waals surface area contributed by atoms with Crippen LogP contribution in [0.5, 0.6) is 0 Å². The van der Waals surface area contributed by atoms with E-state index in [1.807, 2.05) is 77.6 Å². The molecule has 0 saturated heterocycles. The first kappa shape index (κ1) is 13.6. The Hall–Kier alpha value is -3.05. The smallest absolute Gasteiger partial charge is 0.287 e.